The van der Waals surface area contributed by atoms with E-state index in [9.17, 15) is 9.59 Å². The number of hydrogen-bond acceptors (Lipinski definition) is 4. The summed E-state index contributed by atoms with van der Waals surface area (Å²) in [4.78, 5) is 25.9. The standard InChI is InChI=1S/C12H9NO3/c1-8(14)16-12(15)11-6-9-4-2-3-5-10(9)7-13-11/h2-7H,1H3. The maximum atomic E-state index is 11.4. The topological polar surface area (TPSA) is 56.3 Å². The first-order chi connectivity index (χ1) is 7.66. The Morgan fingerprint density at radius 1 is 1.19 bits per heavy atom. The predicted octanol–water partition coefficient (Wildman–Crippen LogP) is 1.94. The van der Waals surface area contributed by atoms with E-state index in [0.29, 0.717) is 0 Å². The highest BCUT2D eigenvalue weighted by atomic mass is 16.6. The van der Waals surface area contributed by atoms with Crippen LogP contribution in [0.15, 0.2) is 36.5 Å². The minimum Gasteiger partial charge on any atom is -0.388 e. The Morgan fingerprint density at radius 3 is 2.56 bits per heavy atom. The van der Waals surface area contributed by atoms with Crippen molar-refractivity contribution in [2.24, 2.45) is 0 Å². The maximum absolute atomic E-state index is 11.4. The average molecular weight is 215 g/mol. The summed E-state index contributed by atoms with van der Waals surface area (Å²) in [7, 11) is 0. The fourth-order valence-electron chi connectivity index (χ4n) is 1.38. The van der Waals surface area contributed by atoms with Crippen molar-refractivity contribution < 1.29 is 14.3 Å². The molecule has 2 rings (SSSR count). The van der Waals surface area contributed by atoms with E-state index < -0.39 is 11.9 Å². The van der Waals surface area contributed by atoms with Crippen molar-refractivity contribution >= 4 is 22.7 Å². The summed E-state index contributed by atoms with van der Waals surface area (Å²) in [5.74, 6) is -1.36. The SMILES string of the molecule is CC(=O)OC(=O)c1cc2ccccc2cn1. The number of fused-ring (bicyclic) bond motifs is 1. The number of rotatable bonds is 1. The Labute approximate surface area is 91.9 Å². The number of esters is 2. The van der Waals surface area contributed by atoms with Crippen molar-refractivity contribution in [3.63, 3.8) is 0 Å². The second-order valence-corrected chi connectivity index (χ2v) is 3.30. The summed E-state index contributed by atoms with van der Waals surface area (Å²) >= 11 is 0. The van der Waals surface area contributed by atoms with E-state index in [2.05, 4.69) is 9.72 Å². The molecule has 0 atom stereocenters. The summed E-state index contributed by atoms with van der Waals surface area (Å²) in [5.41, 5.74) is 0.133. The number of ether oxygens (including phenoxy) is 1. The molecule has 1 aromatic heterocycles. The number of pyridine rings is 1. The first-order valence-electron chi connectivity index (χ1n) is 4.74. The van der Waals surface area contributed by atoms with Crippen molar-refractivity contribution in [1.29, 1.82) is 0 Å². The van der Waals surface area contributed by atoms with Crippen LogP contribution in [0.4, 0.5) is 0 Å². The van der Waals surface area contributed by atoms with E-state index in [1.165, 1.54) is 6.92 Å². The van der Waals surface area contributed by atoms with Gasteiger partial charge in [-0.15, -0.1) is 0 Å². The van der Waals surface area contributed by atoms with Gasteiger partial charge in [-0.3, -0.25) is 4.79 Å². The molecule has 0 fully saturated rings. The first-order valence-corrected chi connectivity index (χ1v) is 4.74. The van der Waals surface area contributed by atoms with E-state index in [-0.39, 0.29) is 5.69 Å². The number of carbonyl (C=O) groups is 2. The molecule has 0 aliphatic rings. The minimum atomic E-state index is -0.724. The number of carbonyl (C=O) groups excluding carboxylic acids is 2. The lowest BCUT2D eigenvalue weighted by Gasteiger charge is -2.01. The van der Waals surface area contributed by atoms with E-state index in [0.717, 1.165) is 10.8 Å². The average Bonchev–Trinajstić information content (AvgIpc) is 2.27. The molecule has 0 saturated heterocycles. The number of hydrogen-bond donors (Lipinski definition) is 0. The van der Waals surface area contributed by atoms with Crippen molar-refractivity contribution in [1.82, 2.24) is 4.98 Å². The van der Waals surface area contributed by atoms with Crippen molar-refractivity contribution in [3.05, 3.63) is 42.2 Å². The molecule has 1 heterocycles. The smallest absolute Gasteiger partial charge is 0.364 e. The molecule has 4 nitrogen and oxygen atoms in total. The van der Waals surface area contributed by atoms with Crippen molar-refractivity contribution in [2.75, 3.05) is 0 Å². The summed E-state index contributed by atoms with van der Waals surface area (Å²) < 4.78 is 4.44. The molecule has 80 valence electrons. The van der Waals surface area contributed by atoms with Crippen molar-refractivity contribution in [2.45, 2.75) is 6.92 Å². The summed E-state index contributed by atoms with van der Waals surface area (Å²) in [6.45, 7) is 1.18. The first kappa shape index (κ1) is 10.3. The number of aromatic nitrogens is 1. The Morgan fingerprint density at radius 2 is 1.88 bits per heavy atom. The Bertz CT molecular complexity index is 563. The summed E-state index contributed by atoms with van der Waals surface area (Å²) in [5, 5.41) is 1.81. The molecule has 2 aromatic rings. The fourth-order valence-corrected chi connectivity index (χ4v) is 1.38. The molecular formula is C12H9NO3. The molecule has 0 bridgehead atoms. The molecule has 0 unspecified atom stereocenters. The Balaban J connectivity index is 2.39. The van der Waals surface area contributed by atoms with Gasteiger partial charge in [0.1, 0.15) is 5.69 Å². The molecule has 0 saturated carbocycles. The third kappa shape index (κ3) is 2.06. The second-order valence-electron chi connectivity index (χ2n) is 3.30. The molecule has 0 aliphatic heterocycles. The lowest BCUT2D eigenvalue weighted by Crippen LogP contribution is -2.10. The molecule has 0 amide bonds. The normalized spacial score (nSPS) is 10.1. The highest BCUT2D eigenvalue weighted by molar-refractivity contribution is 5.97. The second kappa shape index (κ2) is 4.10. The lowest BCUT2D eigenvalue weighted by molar-refractivity contribution is -0.135. The van der Waals surface area contributed by atoms with Gasteiger partial charge in [-0.1, -0.05) is 24.3 Å². The Hall–Kier alpha value is -2.23. The van der Waals surface area contributed by atoms with Gasteiger partial charge in [0, 0.05) is 18.5 Å². The van der Waals surface area contributed by atoms with Crippen molar-refractivity contribution in [3.8, 4) is 0 Å². The lowest BCUT2D eigenvalue weighted by atomic mass is 10.1. The van der Waals surface area contributed by atoms with E-state index in [4.69, 9.17) is 0 Å². The van der Waals surface area contributed by atoms with Gasteiger partial charge < -0.3 is 4.74 Å². The quantitative estimate of drug-likeness (QED) is 0.538. The van der Waals surface area contributed by atoms with E-state index in [1.807, 2.05) is 24.3 Å². The third-order valence-corrected chi connectivity index (χ3v) is 2.08. The van der Waals surface area contributed by atoms with Crippen LogP contribution < -0.4 is 0 Å². The zero-order valence-corrected chi connectivity index (χ0v) is 8.64. The van der Waals surface area contributed by atoms with Gasteiger partial charge in [0.15, 0.2) is 0 Å². The van der Waals surface area contributed by atoms with E-state index in [1.54, 1.807) is 12.3 Å². The number of benzene rings is 1. The maximum Gasteiger partial charge on any atom is 0.364 e. The highest BCUT2D eigenvalue weighted by Crippen LogP contribution is 2.13. The molecule has 0 spiro atoms. The highest BCUT2D eigenvalue weighted by Gasteiger charge is 2.11. The van der Waals surface area contributed by atoms with Crippen LogP contribution in [-0.4, -0.2) is 16.9 Å². The molecule has 0 aliphatic carbocycles. The van der Waals surface area contributed by atoms with Gasteiger partial charge in [-0.2, -0.15) is 0 Å². The van der Waals surface area contributed by atoms with Gasteiger partial charge in [0.05, 0.1) is 0 Å². The Kier molecular flexibility index (Phi) is 2.64. The molecule has 0 radical (unpaired) electrons. The van der Waals surface area contributed by atoms with Crippen LogP contribution in [0.25, 0.3) is 10.8 Å². The van der Waals surface area contributed by atoms with Gasteiger partial charge in [-0.05, 0) is 11.5 Å². The third-order valence-electron chi connectivity index (χ3n) is 2.08. The van der Waals surface area contributed by atoms with Crippen LogP contribution in [0.3, 0.4) is 0 Å². The molecule has 4 heteroatoms. The zero-order chi connectivity index (χ0) is 11.5. The van der Waals surface area contributed by atoms with Gasteiger partial charge >= 0.3 is 11.9 Å². The van der Waals surface area contributed by atoms with Crippen LogP contribution in [0.2, 0.25) is 0 Å². The van der Waals surface area contributed by atoms with Gasteiger partial charge in [0.25, 0.3) is 0 Å². The zero-order valence-electron chi connectivity index (χ0n) is 8.64. The van der Waals surface area contributed by atoms with E-state index >= 15 is 0 Å². The van der Waals surface area contributed by atoms with Crippen LogP contribution in [0.1, 0.15) is 17.4 Å². The minimum absolute atomic E-state index is 0.133. The van der Waals surface area contributed by atoms with Crippen LogP contribution in [-0.2, 0) is 9.53 Å². The summed E-state index contributed by atoms with van der Waals surface area (Å²) in [6.07, 6.45) is 1.58. The van der Waals surface area contributed by atoms with Gasteiger partial charge in [0.2, 0.25) is 0 Å². The molecule has 16 heavy (non-hydrogen) atoms. The van der Waals surface area contributed by atoms with Crippen LogP contribution >= 0.6 is 0 Å². The fraction of sp³-hybridized carbons (Fsp3) is 0.0833. The molecule has 1 aromatic carbocycles. The largest absolute Gasteiger partial charge is 0.388 e. The summed E-state index contributed by atoms with van der Waals surface area (Å²) in [6, 6.07) is 9.10. The number of nitrogens with zero attached hydrogens (tertiary/aromatic N) is 1. The monoisotopic (exact) mass is 215 g/mol. The molecule has 0 N–H and O–H groups in total. The van der Waals surface area contributed by atoms with Crippen LogP contribution in [0, 0.1) is 0 Å². The predicted molar refractivity (Wildman–Crippen MR) is 57.8 cm³/mol. The van der Waals surface area contributed by atoms with Crippen LogP contribution in [0.5, 0.6) is 0 Å². The molecular weight excluding hydrogens is 206 g/mol. The van der Waals surface area contributed by atoms with Gasteiger partial charge in [-0.25, -0.2) is 9.78 Å².